The molecule has 3 heterocycles. The third kappa shape index (κ3) is 4.27. The number of likely N-dealkylation sites (tertiary alicyclic amines) is 1. The van der Waals surface area contributed by atoms with Crippen molar-refractivity contribution in [2.45, 2.75) is 25.3 Å². The van der Waals surface area contributed by atoms with Gasteiger partial charge in [-0.15, -0.1) is 0 Å². The molecule has 1 saturated heterocycles. The molecule has 1 N–H and O–H groups in total. The van der Waals surface area contributed by atoms with E-state index in [0.29, 0.717) is 30.2 Å². The zero-order valence-corrected chi connectivity index (χ0v) is 18.8. The van der Waals surface area contributed by atoms with E-state index >= 15 is 0 Å². The first-order valence-corrected chi connectivity index (χ1v) is 11.6. The van der Waals surface area contributed by atoms with Crippen molar-refractivity contribution in [3.8, 4) is 11.5 Å². The fraction of sp³-hybridized carbons (Fsp3) is 0.440. The molecule has 3 aliphatic heterocycles. The molecule has 3 aliphatic rings. The highest BCUT2D eigenvalue weighted by atomic mass is 19.1. The molecule has 0 aromatic heterocycles. The van der Waals surface area contributed by atoms with Gasteiger partial charge in [0.1, 0.15) is 17.3 Å². The lowest BCUT2D eigenvalue weighted by Gasteiger charge is -2.31. The van der Waals surface area contributed by atoms with E-state index in [2.05, 4.69) is 4.90 Å². The summed E-state index contributed by atoms with van der Waals surface area (Å²) in [7, 11) is 1.79. The van der Waals surface area contributed by atoms with Crippen LogP contribution in [-0.2, 0) is 0 Å². The standard InChI is InChI=1S/C25H29FN4O3/c1-28(10-5-13-29-11-2-3-12-29)25(32)30-24(17-6-4-7-19(31)14-17)21-16-33-22-9-8-18(26)15-20(22)23(21)27-30/h4,6-9,14-15,21,24,31H,2-3,5,10-13,16H2,1H3. The number of carbonyl (C=O) groups is 1. The maximum absolute atomic E-state index is 14.0. The van der Waals surface area contributed by atoms with Gasteiger partial charge in [-0.05, 0) is 74.8 Å². The Kier molecular flexibility index (Phi) is 5.93. The number of halogens is 1. The average Bonchev–Trinajstić information content (AvgIpc) is 3.46. The summed E-state index contributed by atoms with van der Waals surface area (Å²) >= 11 is 0. The molecule has 33 heavy (non-hydrogen) atoms. The quantitative estimate of drug-likeness (QED) is 0.749. The van der Waals surface area contributed by atoms with Crippen molar-refractivity contribution in [1.29, 1.82) is 0 Å². The number of hydrogen-bond donors (Lipinski definition) is 1. The van der Waals surface area contributed by atoms with Crippen LogP contribution in [0.5, 0.6) is 11.5 Å². The predicted molar refractivity (Wildman–Crippen MR) is 123 cm³/mol. The Labute approximate surface area is 193 Å². The summed E-state index contributed by atoms with van der Waals surface area (Å²) in [5, 5.41) is 16.3. The summed E-state index contributed by atoms with van der Waals surface area (Å²) < 4.78 is 20.0. The molecule has 0 aliphatic carbocycles. The van der Waals surface area contributed by atoms with Crippen molar-refractivity contribution in [3.05, 3.63) is 59.4 Å². The Balaban J connectivity index is 1.41. The van der Waals surface area contributed by atoms with Crippen LogP contribution in [0.1, 0.15) is 36.4 Å². The van der Waals surface area contributed by atoms with Crippen molar-refractivity contribution in [1.82, 2.24) is 14.8 Å². The maximum Gasteiger partial charge on any atom is 0.340 e. The van der Waals surface area contributed by atoms with Crippen LogP contribution in [0.3, 0.4) is 0 Å². The highest BCUT2D eigenvalue weighted by Gasteiger charge is 2.46. The molecule has 7 nitrogen and oxygen atoms in total. The molecule has 2 atom stereocenters. The van der Waals surface area contributed by atoms with E-state index in [1.165, 1.54) is 30.0 Å². The molecule has 0 bridgehead atoms. The zero-order chi connectivity index (χ0) is 22.9. The number of rotatable bonds is 5. The number of aromatic hydroxyl groups is 1. The summed E-state index contributed by atoms with van der Waals surface area (Å²) in [6, 6.07) is 10.6. The van der Waals surface area contributed by atoms with Crippen LogP contribution in [0.25, 0.3) is 0 Å². The molecule has 1 fully saturated rings. The molecule has 2 aromatic rings. The fourth-order valence-corrected chi connectivity index (χ4v) is 5.06. The second-order valence-electron chi connectivity index (χ2n) is 9.03. The third-order valence-corrected chi connectivity index (χ3v) is 6.75. The van der Waals surface area contributed by atoms with Crippen molar-refractivity contribution in [3.63, 3.8) is 0 Å². The lowest BCUT2D eigenvalue weighted by atomic mass is 9.86. The van der Waals surface area contributed by atoms with E-state index in [0.717, 1.165) is 31.6 Å². The molecule has 5 rings (SSSR count). The van der Waals surface area contributed by atoms with E-state index in [9.17, 15) is 14.3 Å². The van der Waals surface area contributed by atoms with E-state index in [4.69, 9.17) is 9.84 Å². The molecular formula is C25H29FN4O3. The Morgan fingerprint density at radius 1 is 1.24 bits per heavy atom. The first-order chi connectivity index (χ1) is 16.0. The highest BCUT2D eigenvalue weighted by molar-refractivity contribution is 6.07. The smallest absolute Gasteiger partial charge is 0.340 e. The molecular weight excluding hydrogens is 423 g/mol. The number of carbonyl (C=O) groups excluding carboxylic acids is 1. The van der Waals surface area contributed by atoms with Gasteiger partial charge in [0.05, 0.1) is 24.3 Å². The topological polar surface area (TPSA) is 68.6 Å². The fourth-order valence-electron chi connectivity index (χ4n) is 5.06. The minimum absolute atomic E-state index is 0.121. The summed E-state index contributed by atoms with van der Waals surface area (Å²) in [6.45, 7) is 4.19. The average molecular weight is 453 g/mol. The number of phenols is 1. The van der Waals surface area contributed by atoms with Gasteiger partial charge in [-0.25, -0.2) is 14.2 Å². The van der Waals surface area contributed by atoms with Crippen molar-refractivity contribution < 1.29 is 19.0 Å². The first-order valence-electron chi connectivity index (χ1n) is 11.6. The molecule has 0 radical (unpaired) electrons. The van der Waals surface area contributed by atoms with E-state index in [-0.39, 0.29) is 23.5 Å². The largest absolute Gasteiger partial charge is 0.508 e. The second-order valence-corrected chi connectivity index (χ2v) is 9.03. The van der Waals surface area contributed by atoms with Crippen LogP contribution < -0.4 is 4.74 Å². The second kappa shape index (κ2) is 9.02. The van der Waals surface area contributed by atoms with Crippen LogP contribution in [0.4, 0.5) is 9.18 Å². The van der Waals surface area contributed by atoms with Gasteiger partial charge in [0.2, 0.25) is 0 Å². The van der Waals surface area contributed by atoms with Crippen molar-refractivity contribution >= 4 is 11.7 Å². The third-order valence-electron chi connectivity index (χ3n) is 6.75. The lowest BCUT2D eigenvalue weighted by molar-refractivity contribution is 0.132. The van der Waals surface area contributed by atoms with Gasteiger partial charge in [-0.3, -0.25) is 0 Å². The zero-order valence-electron chi connectivity index (χ0n) is 18.8. The summed E-state index contributed by atoms with van der Waals surface area (Å²) in [5.74, 6) is 0.0475. The SMILES string of the molecule is CN(CCCN1CCCC1)C(=O)N1N=C2c3cc(F)ccc3OCC2C1c1cccc(O)c1. The van der Waals surface area contributed by atoms with Crippen molar-refractivity contribution in [2.75, 3.05) is 39.8 Å². The number of nitrogens with zero attached hydrogens (tertiary/aromatic N) is 4. The summed E-state index contributed by atoms with van der Waals surface area (Å²) in [5.41, 5.74) is 1.98. The number of fused-ring (bicyclic) bond motifs is 3. The Hall–Kier alpha value is -3.13. The normalized spacial score (nSPS) is 21.9. The van der Waals surface area contributed by atoms with Gasteiger partial charge in [0, 0.05) is 19.2 Å². The Bertz CT molecular complexity index is 1070. The maximum atomic E-state index is 14.0. The number of amides is 2. The number of benzene rings is 2. The van der Waals surface area contributed by atoms with Crippen LogP contribution in [0.2, 0.25) is 0 Å². The number of ether oxygens (including phenoxy) is 1. The van der Waals surface area contributed by atoms with Gasteiger partial charge in [-0.1, -0.05) is 12.1 Å². The first kappa shape index (κ1) is 21.7. The summed E-state index contributed by atoms with van der Waals surface area (Å²) in [4.78, 5) is 17.6. The van der Waals surface area contributed by atoms with Crippen molar-refractivity contribution in [2.24, 2.45) is 11.0 Å². The Morgan fingerprint density at radius 2 is 2.06 bits per heavy atom. The van der Waals surface area contributed by atoms with Gasteiger partial charge < -0.3 is 19.6 Å². The van der Waals surface area contributed by atoms with Crippen LogP contribution in [0.15, 0.2) is 47.6 Å². The minimum Gasteiger partial charge on any atom is -0.508 e. The predicted octanol–water partition coefficient (Wildman–Crippen LogP) is 3.84. The van der Waals surface area contributed by atoms with Crippen LogP contribution in [0, 0.1) is 11.7 Å². The molecule has 2 unspecified atom stereocenters. The van der Waals surface area contributed by atoms with Crippen LogP contribution >= 0.6 is 0 Å². The molecule has 0 saturated carbocycles. The lowest BCUT2D eigenvalue weighted by Crippen LogP contribution is -2.42. The summed E-state index contributed by atoms with van der Waals surface area (Å²) in [6.07, 6.45) is 3.39. The van der Waals surface area contributed by atoms with Gasteiger partial charge in [0.25, 0.3) is 0 Å². The monoisotopic (exact) mass is 452 g/mol. The molecule has 2 amide bonds. The minimum atomic E-state index is -0.447. The molecule has 0 spiro atoms. The van der Waals surface area contributed by atoms with Gasteiger partial charge in [0.15, 0.2) is 0 Å². The highest BCUT2D eigenvalue weighted by Crippen LogP contribution is 2.43. The van der Waals surface area contributed by atoms with E-state index in [1.54, 1.807) is 36.2 Å². The number of hydrogen-bond acceptors (Lipinski definition) is 5. The van der Waals surface area contributed by atoms with E-state index in [1.807, 2.05) is 6.07 Å². The van der Waals surface area contributed by atoms with E-state index < -0.39 is 6.04 Å². The molecule has 174 valence electrons. The Morgan fingerprint density at radius 3 is 2.85 bits per heavy atom. The van der Waals surface area contributed by atoms with Gasteiger partial charge >= 0.3 is 6.03 Å². The molecule has 8 heteroatoms. The van der Waals surface area contributed by atoms with Crippen LogP contribution in [-0.4, -0.2) is 71.5 Å². The number of phenolic OH excluding ortho intramolecular Hbond substituents is 1. The number of hydrazone groups is 1. The molecule has 2 aromatic carbocycles. The van der Waals surface area contributed by atoms with Gasteiger partial charge in [-0.2, -0.15) is 5.10 Å². The number of urea groups is 1.